The van der Waals surface area contributed by atoms with Crippen LogP contribution >= 0.6 is 0 Å². The Morgan fingerprint density at radius 2 is 1.84 bits per heavy atom. The van der Waals surface area contributed by atoms with Crippen LogP contribution in [0.3, 0.4) is 0 Å². The van der Waals surface area contributed by atoms with Crippen LogP contribution in [0.1, 0.15) is 11.1 Å². The van der Waals surface area contributed by atoms with E-state index in [1.54, 1.807) is 16.8 Å². The average molecular weight is 350 g/mol. The first-order valence-electron chi connectivity index (χ1n) is 7.26. The first-order chi connectivity index (χ1) is 11.8. The zero-order valence-electron chi connectivity index (χ0n) is 13.1. The van der Waals surface area contributed by atoms with Crippen LogP contribution in [0.4, 0.5) is 18.9 Å². The van der Waals surface area contributed by atoms with Crippen LogP contribution in [0, 0.1) is 10.1 Å². The Kier molecular flexibility index (Phi) is 4.22. The molecule has 0 saturated heterocycles. The highest BCUT2D eigenvalue weighted by molar-refractivity contribution is 5.87. The maximum Gasteiger partial charge on any atom is 0.416 e. The van der Waals surface area contributed by atoms with Crippen molar-refractivity contribution in [2.75, 3.05) is 7.11 Å². The molecule has 0 saturated carbocycles. The van der Waals surface area contributed by atoms with E-state index in [4.69, 9.17) is 4.74 Å². The second-order valence-electron chi connectivity index (χ2n) is 5.46. The van der Waals surface area contributed by atoms with Gasteiger partial charge in [0.15, 0.2) is 0 Å². The molecule has 2 aromatic carbocycles. The molecule has 0 fully saturated rings. The third-order valence-corrected chi connectivity index (χ3v) is 3.85. The largest absolute Gasteiger partial charge is 0.416 e. The summed E-state index contributed by atoms with van der Waals surface area (Å²) in [5, 5.41) is 11.6. The number of aromatic nitrogens is 1. The molecule has 1 heterocycles. The van der Waals surface area contributed by atoms with E-state index in [0.717, 1.165) is 12.1 Å². The van der Waals surface area contributed by atoms with E-state index < -0.39 is 16.7 Å². The molecule has 130 valence electrons. The molecule has 0 radical (unpaired) electrons. The summed E-state index contributed by atoms with van der Waals surface area (Å²) >= 11 is 0. The van der Waals surface area contributed by atoms with Gasteiger partial charge in [-0.05, 0) is 30.3 Å². The predicted octanol–water partition coefficient (Wildman–Crippen LogP) is 4.70. The van der Waals surface area contributed by atoms with Crippen molar-refractivity contribution in [1.82, 2.24) is 4.57 Å². The highest BCUT2D eigenvalue weighted by atomic mass is 19.4. The second kappa shape index (κ2) is 6.21. The molecule has 3 rings (SSSR count). The number of halogens is 3. The Bertz CT molecular complexity index is 931. The van der Waals surface area contributed by atoms with E-state index in [-0.39, 0.29) is 12.3 Å². The monoisotopic (exact) mass is 350 g/mol. The maximum atomic E-state index is 12.7. The zero-order valence-corrected chi connectivity index (χ0v) is 13.1. The first kappa shape index (κ1) is 17.0. The summed E-state index contributed by atoms with van der Waals surface area (Å²) in [7, 11) is 1.50. The Labute approximate surface area is 140 Å². The minimum absolute atomic E-state index is 0.0602. The molecule has 0 spiro atoms. The molecule has 5 nitrogen and oxygen atoms in total. The number of non-ortho nitro benzene ring substituents is 1. The number of fused-ring (bicyclic) bond motifs is 1. The van der Waals surface area contributed by atoms with Gasteiger partial charge in [0.1, 0.15) is 0 Å². The van der Waals surface area contributed by atoms with Crippen LogP contribution in [-0.4, -0.2) is 16.6 Å². The molecule has 1 aromatic heterocycles. The number of hydrogen-bond donors (Lipinski definition) is 0. The number of methoxy groups -OCH3 is 1. The smallest absolute Gasteiger partial charge is 0.380 e. The van der Waals surface area contributed by atoms with Crippen molar-refractivity contribution in [3.8, 4) is 5.69 Å². The third-order valence-electron chi connectivity index (χ3n) is 3.85. The van der Waals surface area contributed by atoms with E-state index >= 15 is 0 Å². The lowest BCUT2D eigenvalue weighted by Crippen LogP contribution is -2.04. The predicted molar refractivity (Wildman–Crippen MR) is 85.6 cm³/mol. The molecule has 0 aliphatic carbocycles. The Morgan fingerprint density at radius 1 is 1.16 bits per heavy atom. The minimum atomic E-state index is -4.40. The van der Waals surface area contributed by atoms with Crippen molar-refractivity contribution >= 4 is 16.6 Å². The molecule has 0 unspecified atom stereocenters. The van der Waals surface area contributed by atoms with Gasteiger partial charge >= 0.3 is 6.18 Å². The Balaban J connectivity index is 2.14. The third kappa shape index (κ3) is 3.20. The van der Waals surface area contributed by atoms with Gasteiger partial charge < -0.3 is 9.30 Å². The van der Waals surface area contributed by atoms with Gasteiger partial charge in [0.05, 0.1) is 22.6 Å². The van der Waals surface area contributed by atoms with E-state index in [1.165, 1.54) is 31.4 Å². The molecule has 0 aliphatic rings. The topological polar surface area (TPSA) is 57.3 Å². The fourth-order valence-electron chi connectivity index (χ4n) is 2.69. The van der Waals surface area contributed by atoms with Crippen LogP contribution in [0.5, 0.6) is 0 Å². The lowest BCUT2D eigenvalue weighted by molar-refractivity contribution is -0.384. The van der Waals surface area contributed by atoms with Gasteiger partial charge in [-0.2, -0.15) is 13.2 Å². The summed E-state index contributed by atoms with van der Waals surface area (Å²) in [6.07, 6.45) is -2.69. The summed E-state index contributed by atoms with van der Waals surface area (Å²) in [6.45, 7) is 0.227. The number of benzene rings is 2. The highest BCUT2D eigenvalue weighted by Gasteiger charge is 2.30. The van der Waals surface area contributed by atoms with E-state index in [9.17, 15) is 23.3 Å². The average Bonchev–Trinajstić information content (AvgIpc) is 2.92. The molecule has 3 aromatic rings. The quantitative estimate of drug-likeness (QED) is 0.506. The van der Waals surface area contributed by atoms with Crippen molar-refractivity contribution in [2.24, 2.45) is 0 Å². The SMILES string of the molecule is COCc1cn(-c2ccc(C(F)(F)F)cc2)c2ccc([N+](=O)[O-])cc12. The van der Waals surface area contributed by atoms with Crippen molar-refractivity contribution in [3.05, 3.63) is 69.9 Å². The lowest BCUT2D eigenvalue weighted by Gasteiger charge is -2.09. The second-order valence-corrected chi connectivity index (χ2v) is 5.46. The standard InChI is InChI=1S/C17H13F3N2O3/c1-25-10-11-9-21(13-4-2-12(3-5-13)17(18,19)20)16-7-6-14(22(23)24)8-15(11)16/h2-9H,10H2,1H3. The first-order valence-corrected chi connectivity index (χ1v) is 7.26. The van der Waals surface area contributed by atoms with Gasteiger partial charge in [-0.1, -0.05) is 0 Å². The number of ether oxygens (including phenoxy) is 1. The maximum absolute atomic E-state index is 12.7. The number of nitro groups is 1. The number of nitro benzene ring substituents is 1. The van der Waals surface area contributed by atoms with Crippen molar-refractivity contribution in [3.63, 3.8) is 0 Å². The fourth-order valence-corrected chi connectivity index (χ4v) is 2.69. The van der Waals surface area contributed by atoms with Gasteiger partial charge in [-0.15, -0.1) is 0 Å². The number of alkyl halides is 3. The van der Waals surface area contributed by atoms with Gasteiger partial charge in [0.25, 0.3) is 5.69 Å². The van der Waals surface area contributed by atoms with E-state index in [0.29, 0.717) is 22.2 Å². The normalized spacial score (nSPS) is 11.8. The Morgan fingerprint density at radius 3 is 2.40 bits per heavy atom. The van der Waals surface area contributed by atoms with Crippen LogP contribution < -0.4 is 0 Å². The summed E-state index contributed by atoms with van der Waals surface area (Å²) in [5.41, 5.74) is 1.09. The summed E-state index contributed by atoms with van der Waals surface area (Å²) in [5.74, 6) is 0. The number of nitrogens with zero attached hydrogens (tertiary/aromatic N) is 2. The van der Waals surface area contributed by atoms with Crippen molar-refractivity contribution < 1.29 is 22.8 Å². The minimum Gasteiger partial charge on any atom is -0.380 e. The zero-order chi connectivity index (χ0) is 18.2. The van der Waals surface area contributed by atoms with Crippen LogP contribution in [-0.2, 0) is 17.5 Å². The molecule has 0 N–H and O–H groups in total. The number of hydrogen-bond acceptors (Lipinski definition) is 3. The molecule has 0 aliphatic heterocycles. The van der Waals surface area contributed by atoms with Crippen LogP contribution in [0.2, 0.25) is 0 Å². The van der Waals surface area contributed by atoms with Crippen molar-refractivity contribution in [2.45, 2.75) is 12.8 Å². The van der Waals surface area contributed by atoms with Crippen LogP contribution in [0.25, 0.3) is 16.6 Å². The summed E-state index contributed by atoms with van der Waals surface area (Å²) in [4.78, 5) is 10.5. The molecule has 0 atom stereocenters. The molecule has 0 bridgehead atoms. The lowest BCUT2D eigenvalue weighted by atomic mass is 10.1. The van der Waals surface area contributed by atoms with Gasteiger partial charge in [0, 0.05) is 42.1 Å². The summed E-state index contributed by atoms with van der Waals surface area (Å²) < 4.78 is 44.9. The molecular weight excluding hydrogens is 337 g/mol. The molecule has 25 heavy (non-hydrogen) atoms. The van der Waals surface area contributed by atoms with E-state index in [1.807, 2.05) is 0 Å². The van der Waals surface area contributed by atoms with Gasteiger partial charge in [-0.25, -0.2) is 0 Å². The molecule has 8 heteroatoms. The number of rotatable bonds is 4. The Hall–Kier alpha value is -2.87. The van der Waals surface area contributed by atoms with Gasteiger partial charge in [0.2, 0.25) is 0 Å². The highest BCUT2D eigenvalue weighted by Crippen LogP contribution is 2.32. The summed E-state index contributed by atoms with van der Waals surface area (Å²) in [6, 6.07) is 9.10. The van der Waals surface area contributed by atoms with E-state index in [2.05, 4.69) is 0 Å². The van der Waals surface area contributed by atoms with Crippen molar-refractivity contribution in [1.29, 1.82) is 0 Å². The van der Waals surface area contributed by atoms with Crippen LogP contribution in [0.15, 0.2) is 48.7 Å². The molecule has 0 amide bonds. The fraction of sp³-hybridized carbons (Fsp3) is 0.176. The van der Waals surface area contributed by atoms with Gasteiger partial charge in [-0.3, -0.25) is 10.1 Å². The molecular formula is C17H13F3N2O3.